The number of rotatable bonds is 2. The summed E-state index contributed by atoms with van der Waals surface area (Å²) in [4.78, 5) is 3.14. The van der Waals surface area contributed by atoms with Crippen LogP contribution in [0.3, 0.4) is 0 Å². The van der Waals surface area contributed by atoms with Crippen molar-refractivity contribution >= 4 is 23.3 Å². The van der Waals surface area contributed by atoms with E-state index in [9.17, 15) is 0 Å². The molecule has 1 aromatic carbocycles. The minimum absolute atomic E-state index is 0. The van der Waals surface area contributed by atoms with Gasteiger partial charge in [0.1, 0.15) is 0 Å². The van der Waals surface area contributed by atoms with Gasteiger partial charge in [-0.15, -0.1) is 12.4 Å². The maximum absolute atomic E-state index is 8.72. The van der Waals surface area contributed by atoms with Gasteiger partial charge in [-0.3, -0.25) is 0 Å². The van der Waals surface area contributed by atoms with E-state index in [4.69, 9.17) is 11.0 Å². The predicted molar refractivity (Wildman–Crippen MR) is 63.0 cm³/mol. The highest BCUT2D eigenvalue weighted by atomic mass is 35.5. The Morgan fingerprint density at radius 1 is 1.40 bits per heavy atom. The zero-order chi connectivity index (χ0) is 9.97. The number of hydrogen-bond donors (Lipinski definition) is 2. The largest absolute Gasteiger partial charge is 0.361 e. The summed E-state index contributed by atoms with van der Waals surface area (Å²) in [6.45, 7) is 0.646. The Labute approximate surface area is 94.3 Å². The van der Waals surface area contributed by atoms with E-state index >= 15 is 0 Å². The van der Waals surface area contributed by atoms with Crippen molar-refractivity contribution in [2.45, 2.75) is 6.42 Å². The van der Waals surface area contributed by atoms with Crippen molar-refractivity contribution in [3.63, 3.8) is 0 Å². The van der Waals surface area contributed by atoms with Gasteiger partial charge in [-0.05, 0) is 30.7 Å². The molecule has 3 nitrogen and oxygen atoms in total. The topological polar surface area (TPSA) is 65.6 Å². The third kappa shape index (κ3) is 2.12. The number of nitrogens with one attached hydrogen (secondary N) is 1. The van der Waals surface area contributed by atoms with Crippen LogP contribution in [0.15, 0.2) is 24.4 Å². The average Bonchev–Trinajstić information content (AvgIpc) is 2.61. The molecule has 0 aliphatic rings. The molecule has 0 fully saturated rings. The minimum Gasteiger partial charge on any atom is -0.361 e. The Morgan fingerprint density at radius 3 is 2.87 bits per heavy atom. The third-order valence-corrected chi connectivity index (χ3v) is 2.31. The van der Waals surface area contributed by atoms with Crippen LogP contribution in [0.1, 0.15) is 11.1 Å². The fourth-order valence-corrected chi connectivity index (χ4v) is 1.62. The normalized spacial score (nSPS) is 9.60. The Kier molecular flexibility index (Phi) is 3.73. The molecule has 1 heterocycles. The van der Waals surface area contributed by atoms with Crippen molar-refractivity contribution in [2.24, 2.45) is 5.73 Å². The SMILES string of the molecule is Cl.N#Cc1ccc2c(CCN)c[nH]c2c1. The Balaban J connectivity index is 0.00000112. The molecule has 0 unspecified atom stereocenters. The number of H-pyrrole nitrogens is 1. The summed E-state index contributed by atoms with van der Waals surface area (Å²) in [5.74, 6) is 0. The molecule has 0 spiro atoms. The molecular formula is C11H12ClN3. The second-order valence-corrected chi connectivity index (χ2v) is 3.22. The first kappa shape index (κ1) is 11.6. The molecule has 15 heavy (non-hydrogen) atoms. The summed E-state index contributed by atoms with van der Waals surface area (Å²) in [5.41, 5.74) is 8.40. The fraction of sp³-hybridized carbons (Fsp3) is 0.182. The van der Waals surface area contributed by atoms with E-state index in [1.807, 2.05) is 24.4 Å². The fourth-order valence-electron chi connectivity index (χ4n) is 1.62. The summed E-state index contributed by atoms with van der Waals surface area (Å²) in [6, 6.07) is 7.77. The van der Waals surface area contributed by atoms with Crippen molar-refractivity contribution < 1.29 is 0 Å². The number of hydrogen-bond acceptors (Lipinski definition) is 2. The van der Waals surface area contributed by atoms with E-state index in [2.05, 4.69) is 11.1 Å². The third-order valence-electron chi connectivity index (χ3n) is 2.31. The van der Waals surface area contributed by atoms with E-state index in [1.165, 1.54) is 5.56 Å². The van der Waals surface area contributed by atoms with Crippen LogP contribution in [0.4, 0.5) is 0 Å². The molecular weight excluding hydrogens is 210 g/mol. The van der Waals surface area contributed by atoms with Gasteiger partial charge in [-0.1, -0.05) is 6.07 Å². The lowest BCUT2D eigenvalue weighted by molar-refractivity contribution is 0.976. The number of fused-ring (bicyclic) bond motifs is 1. The van der Waals surface area contributed by atoms with E-state index in [1.54, 1.807) is 0 Å². The molecule has 0 saturated carbocycles. The molecule has 1 aromatic heterocycles. The molecule has 0 aliphatic carbocycles. The summed E-state index contributed by atoms with van der Waals surface area (Å²) < 4.78 is 0. The molecule has 0 aliphatic heterocycles. The molecule has 0 amide bonds. The molecule has 4 heteroatoms. The van der Waals surface area contributed by atoms with E-state index in [0.29, 0.717) is 12.1 Å². The van der Waals surface area contributed by atoms with Gasteiger partial charge in [-0.2, -0.15) is 5.26 Å². The highest BCUT2D eigenvalue weighted by Gasteiger charge is 2.02. The molecule has 0 atom stereocenters. The molecule has 0 bridgehead atoms. The van der Waals surface area contributed by atoms with Crippen molar-refractivity contribution in [3.8, 4) is 6.07 Å². The summed E-state index contributed by atoms with van der Waals surface area (Å²) in [5, 5.41) is 9.88. The van der Waals surface area contributed by atoms with Crippen LogP contribution in [0.5, 0.6) is 0 Å². The van der Waals surface area contributed by atoms with Crippen molar-refractivity contribution in [2.75, 3.05) is 6.54 Å². The quantitative estimate of drug-likeness (QED) is 0.814. The predicted octanol–water partition coefficient (Wildman–Crippen LogP) is 1.96. The molecule has 78 valence electrons. The summed E-state index contributed by atoms with van der Waals surface area (Å²) in [6.07, 6.45) is 2.82. The summed E-state index contributed by atoms with van der Waals surface area (Å²) >= 11 is 0. The lowest BCUT2D eigenvalue weighted by Crippen LogP contribution is -2.01. The second kappa shape index (κ2) is 4.83. The minimum atomic E-state index is 0. The van der Waals surface area contributed by atoms with Gasteiger partial charge in [0.25, 0.3) is 0 Å². The van der Waals surface area contributed by atoms with Crippen LogP contribution in [-0.4, -0.2) is 11.5 Å². The Morgan fingerprint density at radius 2 is 2.20 bits per heavy atom. The maximum Gasteiger partial charge on any atom is 0.0992 e. The van der Waals surface area contributed by atoms with Gasteiger partial charge in [0, 0.05) is 17.1 Å². The molecule has 2 rings (SSSR count). The molecule has 0 radical (unpaired) electrons. The lowest BCUT2D eigenvalue weighted by atomic mass is 10.1. The maximum atomic E-state index is 8.72. The second-order valence-electron chi connectivity index (χ2n) is 3.22. The number of nitrogens with two attached hydrogens (primary N) is 1. The van der Waals surface area contributed by atoms with Crippen LogP contribution in [0.2, 0.25) is 0 Å². The number of halogens is 1. The molecule has 0 saturated heterocycles. The van der Waals surface area contributed by atoms with Gasteiger partial charge in [0.05, 0.1) is 11.6 Å². The monoisotopic (exact) mass is 221 g/mol. The van der Waals surface area contributed by atoms with Crippen molar-refractivity contribution in [1.29, 1.82) is 5.26 Å². The highest BCUT2D eigenvalue weighted by molar-refractivity contribution is 5.85. The van der Waals surface area contributed by atoms with Gasteiger partial charge in [-0.25, -0.2) is 0 Å². The van der Waals surface area contributed by atoms with Gasteiger partial charge < -0.3 is 10.7 Å². The van der Waals surface area contributed by atoms with E-state index in [-0.39, 0.29) is 12.4 Å². The number of benzene rings is 1. The van der Waals surface area contributed by atoms with Crippen LogP contribution in [-0.2, 0) is 6.42 Å². The number of nitrogens with zero attached hydrogens (tertiary/aromatic N) is 1. The van der Waals surface area contributed by atoms with Crippen molar-refractivity contribution in [3.05, 3.63) is 35.5 Å². The van der Waals surface area contributed by atoms with Crippen LogP contribution < -0.4 is 5.73 Å². The number of aromatic amines is 1. The zero-order valence-corrected chi connectivity index (χ0v) is 8.97. The smallest absolute Gasteiger partial charge is 0.0992 e. The van der Waals surface area contributed by atoms with Gasteiger partial charge >= 0.3 is 0 Å². The average molecular weight is 222 g/mol. The molecule has 3 N–H and O–H groups in total. The Bertz CT molecular complexity index is 496. The zero-order valence-electron chi connectivity index (χ0n) is 8.16. The number of aromatic nitrogens is 1. The van der Waals surface area contributed by atoms with Crippen LogP contribution in [0.25, 0.3) is 10.9 Å². The standard InChI is InChI=1S/C11H11N3.ClH/c12-4-3-9-7-14-11-5-8(6-13)1-2-10(9)11;/h1-2,5,7,14H,3-4,12H2;1H. The number of nitriles is 1. The van der Waals surface area contributed by atoms with Gasteiger partial charge in [0.15, 0.2) is 0 Å². The van der Waals surface area contributed by atoms with E-state index in [0.717, 1.165) is 17.3 Å². The van der Waals surface area contributed by atoms with Crippen LogP contribution in [0, 0.1) is 11.3 Å². The van der Waals surface area contributed by atoms with Gasteiger partial charge in [0.2, 0.25) is 0 Å². The lowest BCUT2D eigenvalue weighted by Gasteiger charge is -1.95. The first-order valence-corrected chi connectivity index (χ1v) is 4.55. The summed E-state index contributed by atoms with van der Waals surface area (Å²) in [7, 11) is 0. The first-order valence-electron chi connectivity index (χ1n) is 4.55. The van der Waals surface area contributed by atoms with Crippen LogP contribution >= 0.6 is 12.4 Å². The Hall–Kier alpha value is -1.50. The first-order chi connectivity index (χ1) is 6.85. The van der Waals surface area contributed by atoms with Crippen molar-refractivity contribution in [1.82, 2.24) is 4.98 Å². The highest BCUT2D eigenvalue weighted by Crippen LogP contribution is 2.19. The van der Waals surface area contributed by atoms with E-state index < -0.39 is 0 Å². The molecule has 2 aromatic rings.